The minimum Gasteiger partial charge on any atom is -0.367 e. The van der Waals surface area contributed by atoms with Gasteiger partial charge in [-0.15, -0.1) is 0 Å². The van der Waals surface area contributed by atoms with Gasteiger partial charge in [0.05, 0.1) is 18.0 Å². The molecule has 9 nitrogen and oxygen atoms in total. The van der Waals surface area contributed by atoms with E-state index in [4.69, 9.17) is 16.0 Å². The van der Waals surface area contributed by atoms with E-state index >= 15 is 4.39 Å². The average molecular weight is 440 g/mol. The fourth-order valence-electron chi connectivity index (χ4n) is 4.05. The third-order valence-corrected chi connectivity index (χ3v) is 6.02. The molecule has 1 aromatic heterocycles. The summed E-state index contributed by atoms with van der Waals surface area (Å²) in [5.41, 5.74) is 10.4. The van der Waals surface area contributed by atoms with Crippen LogP contribution in [0.25, 0.3) is 11.4 Å². The number of carbonyl (C=O) groups is 2. The molecule has 164 valence electrons. The number of nitrogens with two attached hydrogens (primary N) is 2. The highest BCUT2D eigenvalue weighted by molar-refractivity contribution is 6.07. The van der Waals surface area contributed by atoms with Crippen LogP contribution in [0.5, 0.6) is 0 Å². The number of benzene rings is 1. The van der Waals surface area contributed by atoms with Crippen molar-refractivity contribution < 1.29 is 22.9 Å². The lowest BCUT2D eigenvalue weighted by Crippen LogP contribution is -2.54. The van der Waals surface area contributed by atoms with Gasteiger partial charge in [0.15, 0.2) is 5.54 Å². The number of carbonyl (C=O) groups excluding carboxylic acids is 2. The van der Waals surface area contributed by atoms with Crippen LogP contribution >= 0.6 is 0 Å². The van der Waals surface area contributed by atoms with Gasteiger partial charge in [-0.25, -0.2) is 8.78 Å². The molecule has 0 radical (unpaired) electrons. The molecule has 5 rings (SSSR count). The van der Waals surface area contributed by atoms with E-state index in [2.05, 4.69) is 15.1 Å². The molecule has 0 saturated heterocycles. The Morgan fingerprint density at radius 3 is 2.69 bits per heavy atom. The Morgan fingerprint density at radius 2 is 2.03 bits per heavy atom. The number of fused-ring (bicyclic) bond motifs is 1. The van der Waals surface area contributed by atoms with Crippen LogP contribution in [0.3, 0.4) is 0 Å². The number of aromatic nitrogens is 2. The summed E-state index contributed by atoms with van der Waals surface area (Å²) in [7, 11) is 0. The van der Waals surface area contributed by atoms with E-state index in [-0.39, 0.29) is 40.5 Å². The predicted molar refractivity (Wildman–Crippen MR) is 108 cm³/mol. The largest absolute Gasteiger partial charge is 0.367 e. The summed E-state index contributed by atoms with van der Waals surface area (Å²) < 4.78 is 33.5. The minimum absolute atomic E-state index is 0.0601. The zero-order chi connectivity index (χ0) is 22.8. The summed E-state index contributed by atoms with van der Waals surface area (Å²) in [5.74, 6) is -1.99. The maximum atomic E-state index is 15.0. The Balaban J connectivity index is 1.64. The first-order valence-electron chi connectivity index (χ1n) is 9.84. The molecule has 3 aliphatic rings. The molecule has 1 unspecified atom stereocenters. The average Bonchev–Trinajstić information content (AvgIpc) is 3.16. The van der Waals surface area contributed by atoms with Crippen LogP contribution in [0.1, 0.15) is 29.4 Å². The maximum absolute atomic E-state index is 15.0. The first-order chi connectivity index (χ1) is 15.2. The second-order valence-electron chi connectivity index (χ2n) is 8.00. The van der Waals surface area contributed by atoms with E-state index < -0.39 is 35.3 Å². The normalized spacial score (nSPS) is 25.9. The van der Waals surface area contributed by atoms with Crippen molar-refractivity contribution in [2.45, 2.75) is 31.0 Å². The van der Waals surface area contributed by atoms with E-state index in [1.54, 1.807) is 0 Å². The molecule has 3 heterocycles. The predicted octanol–water partition coefficient (Wildman–Crippen LogP) is 1.34. The molecule has 1 fully saturated rings. The van der Waals surface area contributed by atoms with Gasteiger partial charge in [0.25, 0.3) is 0 Å². The zero-order valence-corrected chi connectivity index (χ0v) is 16.9. The third kappa shape index (κ3) is 2.84. The highest BCUT2D eigenvalue weighted by Crippen LogP contribution is 2.44. The molecule has 2 aromatic rings. The smallest absolute Gasteiger partial charge is 0.250 e. The van der Waals surface area contributed by atoms with Gasteiger partial charge in [-0.2, -0.15) is 4.98 Å². The van der Waals surface area contributed by atoms with Gasteiger partial charge in [-0.05, 0) is 48.8 Å². The molecule has 2 amide bonds. The van der Waals surface area contributed by atoms with Gasteiger partial charge in [-0.1, -0.05) is 5.16 Å². The minimum atomic E-state index is -1.60. The summed E-state index contributed by atoms with van der Waals surface area (Å²) in [4.78, 5) is 34.5. The molecular formula is C21H18F2N6O3. The number of alkyl halides is 1. The first-order valence-corrected chi connectivity index (χ1v) is 9.84. The number of amidine groups is 1. The van der Waals surface area contributed by atoms with Gasteiger partial charge in [-0.3, -0.25) is 14.6 Å². The van der Waals surface area contributed by atoms with Crippen LogP contribution in [0.4, 0.5) is 8.78 Å². The summed E-state index contributed by atoms with van der Waals surface area (Å²) >= 11 is 0. The van der Waals surface area contributed by atoms with Crippen molar-refractivity contribution >= 4 is 17.6 Å². The lowest BCUT2D eigenvalue weighted by Gasteiger charge is -2.37. The van der Waals surface area contributed by atoms with Crippen LogP contribution < -0.4 is 11.5 Å². The van der Waals surface area contributed by atoms with Crippen molar-refractivity contribution in [3.8, 4) is 11.4 Å². The van der Waals surface area contributed by atoms with Crippen molar-refractivity contribution in [3.63, 3.8) is 0 Å². The molecule has 1 aliphatic carbocycles. The van der Waals surface area contributed by atoms with E-state index in [1.165, 1.54) is 42.3 Å². The molecule has 32 heavy (non-hydrogen) atoms. The zero-order valence-electron chi connectivity index (χ0n) is 16.9. The second kappa shape index (κ2) is 6.81. The van der Waals surface area contributed by atoms with Crippen molar-refractivity contribution in [1.82, 2.24) is 15.0 Å². The van der Waals surface area contributed by atoms with Crippen molar-refractivity contribution in [3.05, 3.63) is 58.9 Å². The lowest BCUT2D eigenvalue weighted by molar-refractivity contribution is -0.126. The van der Waals surface area contributed by atoms with E-state index in [0.717, 1.165) is 0 Å². The fraction of sp³-hybridized carbons (Fsp3) is 0.286. The topological polar surface area (TPSA) is 141 Å². The van der Waals surface area contributed by atoms with Crippen molar-refractivity contribution in [2.24, 2.45) is 16.5 Å². The SMILES string of the molecule is Cc1c(F)cc(-c2noc([C@H]3C[C@@H]3F)n2)cc1C1(C(N)=O)CN=C2C=CC(C(N)=O)=CN21. The summed E-state index contributed by atoms with van der Waals surface area (Å²) in [6, 6.07) is 2.74. The van der Waals surface area contributed by atoms with Crippen LogP contribution in [-0.4, -0.2) is 45.4 Å². The third-order valence-electron chi connectivity index (χ3n) is 6.02. The molecule has 3 atom stereocenters. The van der Waals surface area contributed by atoms with Gasteiger partial charge in [0, 0.05) is 11.8 Å². The Morgan fingerprint density at radius 1 is 1.28 bits per heavy atom. The van der Waals surface area contributed by atoms with E-state index in [9.17, 15) is 14.0 Å². The lowest BCUT2D eigenvalue weighted by atomic mass is 9.83. The van der Waals surface area contributed by atoms with E-state index in [0.29, 0.717) is 12.3 Å². The Bertz CT molecular complexity index is 1270. The van der Waals surface area contributed by atoms with Gasteiger partial charge >= 0.3 is 0 Å². The van der Waals surface area contributed by atoms with Crippen LogP contribution in [0.2, 0.25) is 0 Å². The van der Waals surface area contributed by atoms with Gasteiger partial charge in [0.1, 0.15) is 17.8 Å². The van der Waals surface area contributed by atoms with Gasteiger partial charge in [0.2, 0.25) is 23.5 Å². The molecule has 1 saturated carbocycles. The highest BCUT2D eigenvalue weighted by atomic mass is 19.1. The molecular weight excluding hydrogens is 422 g/mol. The van der Waals surface area contributed by atoms with E-state index in [1.807, 2.05) is 0 Å². The molecule has 11 heteroatoms. The number of hydrogen-bond donors (Lipinski definition) is 2. The number of halogens is 2. The Kier molecular flexibility index (Phi) is 4.26. The van der Waals surface area contributed by atoms with Crippen molar-refractivity contribution in [1.29, 1.82) is 0 Å². The standard InChI is InChI=1S/C21H18F2N6O3/c1-9-13(4-11(5-14(9)22)18-27-19(32-28-18)12-6-15(12)23)21(20(25)31)8-26-16-3-2-10(17(24)30)7-29(16)21/h2-5,7,12,15H,6,8H2,1H3,(H2,24,30)(H2,25,31)/t12-,15-,21?/m0/s1. The molecule has 0 bridgehead atoms. The van der Waals surface area contributed by atoms with Crippen LogP contribution in [0, 0.1) is 12.7 Å². The number of primary amides is 2. The Hall–Kier alpha value is -3.89. The second-order valence-corrected chi connectivity index (χ2v) is 8.00. The number of aliphatic imine (C=N–C) groups is 1. The fourth-order valence-corrected chi connectivity index (χ4v) is 4.05. The summed E-state index contributed by atoms with van der Waals surface area (Å²) in [6.07, 6.45) is 3.67. The monoisotopic (exact) mass is 440 g/mol. The summed E-state index contributed by atoms with van der Waals surface area (Å²) in [5, 5.41) is 3.84. The number of hydrogen-bond acceptors (Lipinski definition) is 7. The van der Waals surface area contributed by atoms with Crippen LogP contribution in [0.15, 0.2) is 45.6 Å². The van der Waals surface area contributed by atoms with Crippen molar-refractivity contribution in [2.75, 3.05) is 6.54 Å². The quantitative estimate of drug-likeness (QED) is 0.719. The molecule has 4 N–H and O–H groups in total. The molecule has 1 aromatic carbocycles. The maximum Gasteiger partial charge on any atom is 0.250 e. The molecule has 2 aliphatic heterocycles. The number of rotatable bonds is 5. The van der Waals surface area contributed by atoms with Gasteiger partial charge < -0.3 is 20.9 Å². The number of nitrogens with zero attached hydrogens (tertiary/aromatic N) is 4. The highest BCUT2D eigenvalue weighted by Gasteiger charge is 2.51. The molecule has 0 spiro atoms. The summed E-state index contributed by atoms with van der Waals surface area (Å²) in [6.45, 7) is 1.41. The van der Waals surface area contributed by atoms with Crippen LogP contribution in [-0.2, 0) is 15.1 Å². The number of amides is 2. The first kappa shape index (κ1) is 20.0. The Labute approximate surface area is 180 Å².